The number of amides is 1. The van der Waals surface area contributed by atoms with Crippen LogP contribution in [-0.2, 0) is 10.0 Å². The van der Waals surface area contributed by atoms with E-state index in [0.717, 1.165) is 0 Å². The lowest BCUT2D eigenvalue weighted by atomic mass is 10.2. The number of thioether (sulfide) groups is 1. The molecule has 0 radical (unpaired) electrons. The number of benzene rings is 1. The molecule has 0 spiro atoms. The van der Waals surface area contributed by atoms with Gasteiger partial charge in [-0.05, 0) is 24.5 Å². The van der Waals surface area contributed by atoms with Crippen molar-refractivity contribution in [2.45, 2.75) is 4.90 Å². The van der Waals surface area contributed by atoms with E-state index in [0.29, 0.717) is 12.3 Å². The number of nitrogens with two attached hydrogens (primary N) is 2. The Kier molecular flexibility index (Phi) is 5.21. The van der Waals surface area contributed by atoms with Crippen LogP contribution in [0.25, 0.3) is 0 Å². The average Bonchev–Trinajstić information content (AvgIpc) is 2.35. The summed E-state index contributed by atoms with van der Waals surface area (Å²) < 4.78 is 25.8. The summed E-state index contributed by atoms with van der Waals surface area (Å²) >= 11 is 1.55. The van der Waals surface area contributed by atoms with Gasteiger partial charge in [-0.2, -0.15) is 11.8 Å². The molecular weight excluding hydrogens is 286 g/mol. The van der Waals surface area contributed by atoms with Crippen LogP contribution in [0.1, 0.15) is 10.4 Å². The number of rotatable bonds is 6. The van der Waals surface area contributed by atoms with E-state index in [1.807, 2.05) is 6.26 Å². The van der Waals surface area contributed by atoms with Crippen LogP contribution in [-0.4, -0.2) is 44.2 Å². The van der Waals surface area contributed by atoms with E-state index in [1.165, 1.54) is 29.6 Å². The zero-order chi connectivity index (χ0) is 14.6. The van der Waals surface area contributed by atoms with E-state index in [-0.39, 0.29) is 16.1 Å². The lowest BCUT2D eigenvalue weighted by molar-refractivity contribution is 0.1000. The third-order valence-corrected chi connectivity index (χ3v) is 5.11. The molecule has 1 aromatic rings. The monoisotopic (exact) mass is 303 g/mol. The van der Waals surface area contributed by atoms with Gasteiger partial charge in [0.1, 0.15) is 4.90 Å². The predicted molar refractivity (Wildman–Crippen MR) is 77.6 cm³/mol. The number of hydrogen-bond donors (Lipinski definition) is 2. The van der Waals surface area contributed by atoms with Crippen LogP contribution < -0.4 is 11.5 Å². The molecule has 0 heterocycles. The molecule has 0 aromatic heterocycles. The first-order chi connectivity index (χ1) is 8.80. The number of sulfonamides is 1. The molecule has 0 aliphatic carbocycles. The molecule has 8 heteroatoms. The van der Waals surface area contributed by atoms with Crippen molar-refractivity contribution in [1.29, 1.82) is 0 Å². The normalized spacial score (nSPS) is 11.7. The molecule has 19 heavy (non-hydrogen) atoms. The van der Waals surface area contributed by atoms with Gasteiger partial charge in [-0.1, -0.05) is 0 Å². The molecule has 0 atom stereocenters. The summed E-state index contributed by atoms with van der Waals surface area (Å²) in [5, 5.41) is 0. The fourth-order valence-corrected chi connectivity index (χ4v) is 3.28. The summed E-state index contributed by atoms with van der Waals surface area (Å²) in [7, 11) is -2.15. The van der Waals surface area contributed by atoms with Gasteiger partial charge in [0.05, 0.1) is 5.69 Å². The summed E-state index contributed by atoms with van der Waals surface area (Å²) in [6.07, 6.45) is 1.90. The molecule has 4 N–H and O–H groups in total. The highest BCUT2D eigenvalue weighted by atomic mass is 32.2. The maximum atomic E-state index is 12.3. The maximum absolute atomic E-state index is 12.3. The van der Waals surface area contributed by atoms with Crippen LogP contribution in [0.15, 0.2) is 23.1 Å². The molecule has 1 aromatic carbocycles. The third-order valence-electron chi connectivity index (χ3n) is 2.59. The summed E-state index contributed by atoms with van der Waals surface area (Å²) in [4.78, 5) is 11.0. The first-order valence-corrected chi connectivity index (χ1v) is 8.28. The molecular formula is C11H17N3O3S2. The Labute approximate surface area is 117 Å². The summed E-state index contributed by atoms with van der Waals surface area (Å²) in [5.74, 6) is 0.0426. The Morgan fingerprint density at radius 3 is 2.53 bits per heavy atom. The van der Waals surface area contributed by atoms with E-state index in [1.54, 1.807) is 11.8 Å². The number of hydrogen-bond acceptors (Lipinski definition) is 5. The van der Waals surface area contributed by atoms with Crippen LogP contribution in [0.4, 0.5) is 5.69 Å². The van der Waals surface area contributed by atoms with Gasteiger partial charge in [0, 0.05) is 24.9 Å². The number of carbonyl (C=O) groups is 1. The minimum absolute atomic E-state index is 0.0129. The molecule has 0 aliphatic heterocycles. The average molecular weight is 303 g/mol. The van der Waals surface area contributed by atoms with Crippen LogP contribution in [0.5, 0.6) is 0 Å². The molecule has 106 valence electrons. The summed E-state index contributed by atoms with van der Waals surface area (Å²) in [5.41, 5.74) is 11.0. The minimum Gasteiger partial charge on any atom is -0.398 e. The number of anilines is 1. The number of nitrogens with zero attached hydrogens (tertiary/aromatic N) is 1. The van der Waals surface area contributed by atoms with E-state index >= 15 is 0 Å². The highest BCUT2D eigenvalue weighted by molar-refractivity contribution is 7.98. The van der Waals surface area contributed by atoms with E-state index < -0.39 is 15.9 Å². The van der Waals surface area contributed by atoms with Crippen molar-refractivity contribution in [2.75, 3.05) is 31.3 Å². The van der Waals surface area contributed by atoms with Gasteiger partial charge in [-0.25, -0.2) is 12.7 Å². The van der Waals surface area contributed by atoms with Crippen LogP contribution in [0.2, 0.25) is 0 Å². The number of nitrogen functional groups attached to an aromatic ring is 1. The second kappa shape index (κ2) is 6.27. The van der Waals surface area contributed by atoms with Gasteiger partial charge < -0.3 is 11.5 Å². The Balaban J connectivity index is 3.12. The number of carbonyl (C=O) groups excluding carboxylic acids is 1. The summed E-state index contributed by atoms with van der Waals surface area (Å²) in [6, 6.07) is 3.94. The second-order valence-corrected chi connectivity index (χ2v) is 6.94. The van der Waals surface area contributed by atoms with E-state index in [4.69, 9.17) is 11.5 Å². The first kappa shape index (κ1) is 15.8. The first-order valence-electron chi connectivity index (χ1n) is 5.45. The van der Waals surface area contributed by atoms with Gasteiger partial charge in [-0.15, -0.1) is 0 Å². The van der Waals surface area contributed by atoms with Crippen LogP contribution in [0, 0.1) is 0 Å². The van der Waals surface area contributed by atoms with Gasteiger partial charge in [0.2, 0.25) is 15.9 Å². The molecule has 0 saturated heterocycles. The Bertz CT molecular complexity index is 573. The van der Waals surface area contributed by atoms with Crippen molar-refractivity contribution >= 4 is 33.4 Å². The third kappa shape index (κ3) is 3.62. The van der Waals surface area contributed by atoms with Crippen molar-refractivity contribution in [2.24, 2.45) is 5.73 Å². The standard InChI is InChI=1S/C11H17N3O3S2/c1-14(5-6-18-2)19(16,17)10-4-3-8(11(13)15)7-9(10)12/h3-4,7H,5-6,12H2,1-2H3,(H2,13,15). The predicted octanol–water partition coefficient (Wildman–Crippen LogP) is 0.351. The fourth-order valence-electron chi connectivity index (χ4n) is 1.44. The van der Waals surface area contributed by atoms with Crippen LogP contribution in [0.3, 0.4) is 0 Å². The number of primary amides is 1. The van der Waals surface area contributed by atoms with Gasteiger partial charge in [0.15, 0.2) is 0 Å². The van der Waals surface area contributed by atoms with E-state index in [9.17, 15) is 13.2 Å². The Morgan fingerprint density at radius 1 is 1.42 bits per heavy atom. The molecule has 0 fully saturated rings. The highest BCUT2D eigenvalue weighted by Gasteiger charge is 2.23. The fraction of sp³-hybridized carbons (Fsp3) is 0.364. The van der Waals surface area contributed by atoms with Crippen molar-refractivity contribution in [3.05, 3.63) is 23.8 Å². The second-order valence-electron chi connectivity index (χ2n) is 3.94. The topological polar surface area (TPSA) is 106 Å². The Hall–Kier alpha value is -1.25. The van der Waals surface area contributed by atoms with E-state index in [2.05, 4.69) is 0 Å². The molecule has 6 nitrogen and oxygen atoms in total. The Morgan fingerprint density at radius 2 is 2.05 bits per heavy atom. The lowest BCUT2D eigenvalue weighted by Crippen LogP contribution is -2.29. The SMILES string of the molecule is CSCCN(C)S(=O)(=O)c1ccc(C(N)=O)cc1N. The smallest absolute Gasteiger partial charge is 0.248 e. The van der Waals surface area contributed by atoms with Crippen molar-refractivity contribution in [3.8, 4) is 0 Å². The van der Waals surface area contributed by atoms with Crippen molar-refractivity contribution < 1.29 is 13.2 Å². The molecule has 0 aliphatic rings. The molecule has 1 amide bonds. The highest BCUT2D eigenvalue weighted by Crippen LogP contribution is 2.22. The van der Waals surface area contributed by atoms with Crippen molar-refractivity contribution in [3.63, 3.8) is 0 Å². The largest absolute Gasteiger partial charge is 0.398 e. The molecule has 0 unspecified atom stereocenters. The zero-order valence-corrected chi connectivity index (χ0v) is 12.4. The molecule has 0 bridgehead atoms. The van der Waals surface area contributed by atoms with Gasteiger partial charge in [-0.3, -0.25) is 4.79 Å². The van der Waals surface area contributed by atoms with Gasteiger partial charge in [0.25, 0.3) is 0 Å². The lowest BCUT2D eigenvalue weighted by Gasteiger charge is -2.18. The maximum Gasteiger partial charge on any atom is 0.248 e. The molecule has 1 rings (SSSR count). The quantitative estimate of drug-likeness (QED) is 0.738. The molecule has 0 saturated carbocycles. The zero-order valence-electron chi connectivity index (χ0n) is 10.8. The van der Waals surface area contributed by atoms with Crippen LogP contribution >= 0.6 is 11.8 Å². The minimum atomic E-state index is -3.64. The van der Waals surface area contributed by atoms with Gasteiger partial charge >= 0.3 is 0 Å². The van der Waals surface area contributed by atoms with Crippen molar-refractivity contribution in [1.82, 2.24) is 4.31 Å². The summed E-state index contributed by atoms with van der Waals surface area (Å²) in [6.45, 7) is 0.389.